The van der Waals surface area contributed by atoms with E-state index in [-0.39, 0.29) is 12.3 Å². The number of thiazole rings is 1. The third kappa shape index (κ3) is 3.97. The Hall–Kier alpha value is -2.73. The van der Waals surface area contributed by atoms with Crippen molar-refractivity contribution in [1.29, 1.82) is 0 Å². The highest BCUT2D eigenvalue weighted by Gasteiger charge is 2.07. The van der Waals surface area contributed by atoms with Crippen LogP contribution in [-0.2, 0) is 11.2 Å². The first-order valence-electron chi connectivity index (χ1n) is 7.55. The third-order valence-electron chi connectivity index (χ3n) is 3.46. The molecule has 2 aromatic carbocycles. The Morgan fingerprint density at radius 3 is 2.67 bits per heavy atom. The van der Waals surface area contributed by atoms with Gasteiger partial charge >= 0.3 is 0 Å². The van der Waals surface area contributed by atoms with Crippen LogP contribution in [0.5, 0.6) is 0 Å². The topological polar surface area (TPSA) is 57.6 Å². The van der Waals surface area contributed by atoms with Gasteiger partial charge in [-0.15, -0.1) is 11.3 Å². The number of hydrogen-bond acceptors (Lipinski definition) is 5. The number of aromatic nitrogens is 1. The van der Waals surface area contributed by atoms with Gasteiger partial charge < -0.3 is 4.90 Å². The van der Waals surface area contributed by atoms with E-state index < -0.39 is 0 Å². The molecule has 0 spiro atoms. The van der Waals surface area contributed by atoms with E-state index in [4.69, 9.17) is 0 Å². The van der Waals surface area contributed by atoms with Crippen LogP contribution in [0.1, 0.15) is 10.6 Å². The maximum absolute atomic E-state index is 12.0. The van der Waals surface area contributed by atoms with Gasteiger partial charge in [0.15, 0.2) is 0 Å². The van der Waals surface area contributed by atoms with Gasteiger partial charge in [-0.05, 0) is 29.8 Å². The van der Waals surface area contributed by atoms with E-state index in [1.54, 1.807) is 6.21 Å². The van der Waals surface area contributed by atoms with Crippen LogP contribution < -0.4 is 10.3 Å². The molecule has 0 saturated heterocycles. The summed E-state index contributed by atoms with van der Waals surface area (Å²) in [7, 11) is 3.98. The Balaban J connectivity index is 1.56. The highest BCUT2D eigenvalue weighted by molar-refractivity contribution is 7.18. The lowest BCUT2D eigenvalue weighted by molar-refractivity contribution is -0.120. The Labute approximate surface area is 144 Å². The first-order valence-corrected chi connectivity index (χ1v) is 8.37. The molecule has 1 amide bonds. The van der Waals surface area contributed by atoms with Crippen molar-refractivity contribution in [3.8, 4) is 0 Å². The van der Waals surface area contributed by atoms with Gasteiger partial charge in [0, 0.05) is 19.8 Å². The second kappa shape index (κ2) is 7.23. The SMILES string of the molecule is CN(C)c1ccc(/C=N\NC(=O)Cc2nc3ccccc3s2)cc1. The number of nitrogens with zero attached hydrogens (tertiary/aromatic N) is 3. The Kier molecular flexibility index (Phi) is 4.86. The van der Waals surface area contributed by atoms with Gasteiger partial charge in [0.2, 0.25) is 5.91 Å². The van der Waals surface area contributed by atoms with E-state index in [2.05, 4.69) is 15.5 Å². The zero-order chi connectivity index (χ0) is 16.9. The summed E-state index contributed by atoms with van der Waals surface area (Å²) in [6, 6.07) is 15.8. The van der Waals surface area contributed by atoms with Gasteiger partial charge in [-0.3, -0.25) is 4.79 Å². The number of benzene rings is 2. The van der Waals surface area contributed by atoms with Crippen LogP contribution in [0, 0.1) is 0 Å². The quantitative estimate of drug-likeness (QED) is 0.574. The summed E-state index contributed by atoms with van der Waals surface area (Å²) in [6.45, 7) is 0. The van der Waals surface area contributed by atoms with Crippen molar-refractivity contribution >= 4 is 39.4 Å². The molecular weight excluding hydrogens is 320 g/mol. The smallest absolute Gasteiger partial charge is 0.246 e. The van der Waals surface area contributed by atoms with Gasteiger partial charge in [0.1, 0.15) is 5.01 Å². The van der Waals surface area contributed by atoms with Crippen molar-refractivity contribution in [2.45, 2.75) is 6.42 Å². The molecule has 3 rings (SSSR count). The van der Waals surface area contributed by atoms with Crippen LogP contribution in [0.2, 0.25) is 0 Å². The molecule has 0 fully saturated rings. The lowest BCUT2D eigenvalue weighted by atomic mass is 10.2. The average Bonchev–Trinajstić information content (AvgIpc) is 2.97. The highest BCUT2D eigenvalue weighted by Crippen LogP contribution is 2.21. The number of rotatable bonds is 5. The number of anilines is 1. The summed E-state index contributed by atoms with van der Waals surface area (Å²) in [6.07, 6.45) is 1.87. The summed E-state index contributed by atoms with van der Waals surface area (Å²) in [4.78, 5) is 18.4. The third-order valence-corrected chi connectivity index (χ3v) is 4.50. The molecular formula is C18H18N4OS. The molecule has 0 atom stereocenters. The molecule has 24 heavy (non-hydrogen) atoms. The minimum atomic E-state index is -0.171. The second-order valence-electron chi connectivity index (χ2n) is 5.53. The predicted octanol–water partition coefficient (Wildman–Crippen LogP) is 3.06. The first-order chi connectivity index (χ1) is 11.6. The summed E-state index contributed by atoms with van der Waals surface area (Å²) in [5.74, 6) is -0.171. The van der Waals surface area contributed by atoms with Gasteiger partial charge in [0.05, 0.1) is 22.9 Å². The minimum Gasteiger partial charge on any atom is -0.378 e. The lowest BCUT2D eigenvalue weighted by Gasteiger charge is -2.11. The highest BCUT2D eigenvalue weighted by atomic mass is 32.1. The molecule has 1 heterocycles. The maximum atomic E-state index is 12.0. The predicted molar refractivity (Wildman–Crippen MR) is 99.8 cm³/mol. The molecule has 0 bridgehead atoms. The van der Waals surface area contributed by atoms with Crippen LogP contribution >= 0.6 is 11.3 Å². The summed E-state index contributed by atoms with van der Waals surface area (Å²) in [5, 5.41) is 4.80. The minimum absolute atomic E-state index is 0.171. The van der Waals surface area contributed by atoms with Crippen molar-refractivity contribution in [3.05, 3.63) is 59.1 Å². The number of hydrazone groups is 1. The van der Waals surface area contributed by atoms with E-state index >= 15 is 0 Å². The largest absolute Gasteiger partial charge is 0.378 e. The Bertz CT molecular complexity index is 835. The summed E-state index contributed by atoms with van der Waals surface area (Å²) < 4.78 is 1.09. The maximum Gasteiger partial charge on any atom is 0.246 e. The number of carbonyl (C=O) groups excluding carboxylic acids is 1. The molecule has 3 aromatic rings. The van der Waals surface area contributed by atoms with E-state index in [1.807, 2.05) is 67.5 Å². The molecule has 0 aliphatic heterocycles. The number of nitrogens with one attached hydrogen (secondary N) is 1. The Morgan fingerprint density at radius 1 is 1.21 bits per heavy atom. The fourth-order valence-electron chi connectivity index (χ4n) is 2.21. The number of carbonyl (C=O) groups is 1. The van der Waals surface area contributed by atoms with Gasteiger partial charge in [-0.25, -0.2) is 10.4 Å². The second-order valence-corrected chi connectivity index (χ2v) is 6.65. The number of para-hydroxylation sites is 1. The van der Waals surface area contributed by atoms with Crippen LogP contribution in [0.3, 0.4) is 0 Å². The van der Waals surface area contributed by atoms with Crippen molar-refractivity contribution in [3.63, 3.8) is 0 Å². The molecule has 1 aromatic heterocycles. The molecule has 5 nitrogen and oxygen atoms in total. The van der Waals surface area contributed by atoms with Gasteiger partial charge in [-0.2, -0.15) is 5.10 Å². The number of fused-ring (bicyclic) bond motifs is 1. The van der Waals surface area contributed by atoms with Crippen LogP contribution in [0.15, 0.2) is 53.6 Å². The molecule has 0 aliphatic carbocycles. The number of hydrogen-bond donors (Lipinski definition) is 1. The average molecular weight is 338 g/mol. The molecule has 0 aliphatic rings. The normalized spacial score (nSPS) is 11.1. The van der Waals surface area contributed by atoms with Crippen molar-refractivity contribution in [2.75, 3.05) is 19.0 Å². The molecule has 6 heteroatoms. The number of amides is 1. The van der Waals surface area contributed by atoms with Crippen molar-refractivity contribution in [1.82, 2.24) is 10.4 Å². The van der Waals surface area contributed by atoms with Gasteiger partial charge in [0.25, 0.3) is 0 Å². The van der Waals surface area contributed by atoms with E-state index in [1.165, 1.54) is 11.3 Å². The Morgan fingerprint density at radius 2 is 1.96 bits per heavy atom. The van der Waals surface area contributed by atoms with Crippen LogP contribution in [-0.4, -0.2) is 31.2 Å². The standard InChI is InChI=1S/C18H18N4OS/c1-22(2)14-9-7-13(8-10-14)12-19-21-17(23)11-18-20-15-5-3-4-6-16(15)24-18/h3-10,12H,11H2,1-2H3,(H,21,23)/b19-12-. The zero-order valence-electron chi connectivity index (χ0n) is 13.6. The van der Waals surface area contributed by atoms with Crippen molar-refractivity contribution in [2.24, 2.45) is 5.10 Å². The first kappa shape index (κ1) is 16.1. The van der Waals surface area contributed by atoms with E-state index in [9.17, 15) is 4.79 Å². The molecule has 0 saturated carbocycles. The van der Waals surface area contributed by atoms with Crippen LogP contribution in [0.25, 0.3) is 10.2 Å². The lowest BCUT2D eigenvalue weighted by Crippen LogP contribution is -2.19. The van der Waals surface area contributed by atoms with Crippen LogP contribution in [0.4, 0.5) is 5.69 Å². The molecule has 1 N–H and O–H groups in total. The molecule has 122 valence electrons. The fourth-order valence-corrected chi connectivity index (χ4v) is 3.18. The van der Waals surface area contributed by atoms with E-state index in [0.29, 0.717) is 0 Å². The van der Waals surface area contributed by atoms with E-state index in [0.717, 1.165) is 26.5 Å². The van der Waals surface area contributed by atoms with Crippen molar-refractivity contribution < 1.29 is 4.79 Å². The fraction of sp³-hybridized carbons (Fsp3) is 0.167. The zero-order valence-corrected chi connectivity index (χ0v) is 14.4. The molecule has 0 radical (unpaired) electrons. The molecule has 0 unspecified atom stereocenters. The van der Waals surface area contributed by atoms with Gasteiger partial charge in [-0.1, -0.05) is 24.3 Å². The monoisotopic (exact) mass is 338 g/mol. The summed E-state index contributed by atoms with van der Waals surface area (Å²) >= 11 is 1.53. The summed E-state index contributed by atoms with van der Waals surface area (Å²) in [5.41, 5.74) is 5.52.